The lowest BCUT2D eigenvalue weighted by atomic mass is 10.1. The van der Waals surface area contributed by atoms with E-state index in [1.165, 1.54) is 5.69 Å². The van der Waals surface area contributed by atoms with Crippen molar-refractivity contribution in [3.63, 3.8) is 0 Å². The predicted octanol–water partition coefficient (Wildman–Crippen LogP) is 4.00. The van der Waals surface area contributed by atoms with Crippen LogP contribution >= 0.6 is 24.0 Å². The Morgan fingerprint density at radius 1 is 1.22 bits per heavy atom. The van der Waals surface area contributed by atoms with Gasteiger partial charge in [0.25, 0.3) is 0 Å². The van der Waals surface area contributed by atoms with Crippen LogP contribution in [0, 0.1) is 0 Å². The zero-order chi connectivity index (χ0) is 18.8. The standard InChI is InChI=1S/C20H31N5O.HI/c1-5-25(17-10-7-6-8-11-17)13-9-12-22-20(21-4)23-15-18-14-19(16(2)3)24-26-18;/h6-8,10-11,14,16H,5,9,12-13,15H2,1-4H3,(H2,21,22,23);1H. The molecule has 2 rings (SSSR count). The average Bonchev–Trinajstić information content (AvgIpc) is 3.14. The van der Waals surface area contributed by atoms with Crippen LogP contribution in [0.4, 0.5) is 5.69 Å². The van der Waals surface area contributed by atoms with Crippen molar-refractivity contribution in [1.82, 2.24) is 15.8 Å². The molecule has 0 aliphatic heterocycles. The van der Waals surface area contributed by atoms with Gasteiger partial charge in [0.2, 0.25) is 0 Å². The Hall–Kier alpha value is -1.77. The number of nitrogens with zero attached hydrogens (tertiary/aromatic N) is 3. The van der Waals surface area contributed by atoms with Gasteiger partial charge in [0.05, 0.1) is 12.2 Å². The summed E-state index contributed by atoms with van der Waals surface area (Å²) in [4.78, 5) is 6.63. The Bertz CT molecular complexity index is 672. The number of hydrogen-bond acceptors (Lipinski definition) is 4. The average molecular weight is 485 g/mol. The molecule has 27 heavy (non-hydrogen) atoms. The lowest BCUT2D eigenvalue weighted by Crippen LogP contribution is -2.38. The van der Waals surface area contributed by atoms with Crippen LogP contribution in [0.3, 0.4) is 0 Å². The summed E-state index contributed by atoms with van der Waals surface area (Å²) in [6, 6.07) is 12.5. The third-order valence-corrected chi connectivity index (χ3v) is 4.22. The van der Waals surface area contributed by atoms with E-state index in [4.69, 9.17) is 4.52 Å². The van der Waals surface area contributed by atoms with Gasteiger partial charge < -0.3 is 20.1 Å². The molecule has 0 saturated carbocycles. The third kappa shape index (κ3) is 7.78. The molecule has 0 aliphatic rings. The maximum Gasteiger partial charge on any atom is 0.191 e. The largest absolute Gasteiger partial charge is 0.372 e. The number of rotatable bonds is 9. The summed E-state index contributed by atoms with van der Waals surface area (Å²) in [5.41, 5.74) is 2.24. The molecule has 1 heterocycles. The summed E-state index contributed by atoms with van der Waals surface area (Å²) < 4.78 is 5.34. The van der Waals surface area contributed by atoms with Gasteiger partial charge in [0.15, 0.2) is 11.7 Å². The molecule has 1 aromatic heterocycles. The van der Waals surface area contributed by atoms with E-state index in [0.29, 0.717) is 12.5 Å². The first kappa shape index (κ1) is 23.3. The maximum atomic E-state index is 5.34. The van der Waals surface area contributed by atoms with E-state index in [-0.39, 0.29) is 24.0 Å². The SMILES string of the molecule is CCN(CCCNC(=NC)NCc1cc(C(C)C)no1)c1ccccc1.I. The molecule has 150 valence electrons. The van der Waals surface area contributed by atoms with Crippen molar-refractivity contribution in [2.45, 2.75) is 39.7 Å². The van der Waals surface area contributed by atoms with Crippen LogP contribution in [0.5, 0.6) is 0 Å². The molecular formula is C20H32IN5O. The summed E-state index contributed by atoms with van der Waals surface area (Å²) in [6.07, 6.45) is 1.03. The normalized spacial score (nSPS) is 11.2. The van der Waals surface area contributed by atoms with E-state index >= 15 is 0 Å². The minimum atomic E-state index is 0. The fourth-order valence-electron chi connectivity index (χ4n) is 2.66. The molecule has 0 aliphatic carbocycles. The second kappa shape index (κ2) is 12.6. The molecular weight excluding hydrogens is 453 g/mol. The topological polar surface area (TPSA) is 65.7 Å². The van der Waals surface area contributed by atoms with E-state index in [9.17, 15) is 0 Å². The monoisotopic (exact) mass is 485 g/mol. The van der Waals surface area contributed by atoms with Crippen LogP contribution in [0.15, 0.2) is 45.9 Å². The molecule has 1 aromatic carbocycles. The molecule has 2 N–H and O–H groups in total. The number of nitrogens with one attached hydrogen (secondary N) is 2. The zero-order valence-corrected chi connectivity index (χ0v) is 19.1. The van der Waals surface area contributed by atoms with Crippen molar-refractivity contribution < 1.29 is 4.52 Å². The number of anilines is 1. The van der Waals surface area contributed by atoms with Gasteiger partial charge in [-0.3, -0.25) is 4.99 Å². The first-order valence-electron chi connectivity index (χ1n) is 9.34. The highest BCUT2D eigenvalue weighted by atomic mass is 127. The molecule has 0 unspecified atom stereocenters. The van der Waals surface area contributed by atoms with Gasteiger partial charge in [-0.25, -0.2) is 0 Å². The fraction of sp³-hybridized carbons (Fsp3) is 0.500. The molecule has 0 radical (unpaired) electrons. The van der Waals surface area contributed by atoms with Crippen molar-refractivity contribution >= 4 is 35.6 Å². The molecule has 2 aromatic rings. The van der Waals surface area contributed by atoms with Crippen LogP contribution in [0.2, 0.25) is 0 Å². The molecule has 0 spiro atoms. The Kier molecular flexibility index (Phi) is 10.8. The maximum absolute atomic E-state index is 5.34. The number of aliphatic imine (C=N–C) groups is 1. The van der Waals surface area contributed by atoms with Crippen molar-refractivity contribution in [3.05, 3.63) is 47.9 Å². The van der Waals surface area contributed by atoms with E-state index in [0.717, 1.165) is 43.5 Å². The third-order valence-electron chi connectivity index (χ3n) is 4.22. The number of para-hydroxylation sites is 1. The first-order chi connectivity index (χ1) is 12.6. The van der Waals surface area contributed by atoms with Gasteiger partial charge in [-0.1, -0.05) is 37.2 Å². The van der Waals surface area contributed by atoms with E-state index < -0.39 is 0 Å². The minimum Gasteiger partial charge on any atom is -0.372 e. The van der Waals surface area contributed by atoms with Crippen LogP contribution in [0.25, 0.3) is 0 Å². The Morgan fingerprint density at radius 2 is 1.96 bits per heavy atom. The van der Waals surface area contributed by atoms with Gasteiger partial charge in [-0.15, -0.1) is 24.0 Å². The lowest BCUT2D eigenvalue weighted by molar-refractivity contribution is 0.372. The van der Waals surface area contributed by atoms with E-state index in [1.807, 2.05) is 12.1 Å². The second-order valence-electron chi connectivity index (χ2n) is 6.49. The highest BCUT2D eigenvalue weighted by Gasteiger charge is 2.08. The van der Waals surface area contributed by atoms with Crippen LogP contribution in [-0.2, 0) is 6.54 Å². The molecule has 0 saturated heterocycles. The molecule has 7 heteroatoms. The summed E-state index contributed by atoms with van der Waals surface area (Å²) in [7, 11) is 1.78. The Labute approximate surface area is 179 Å². The van der Waals surface area contributed by atoms with Gasteiger partial charge in [0, 0.05) is 38.4 Å². The van der Waals surface area contributed by atoms with Gasteiger partial charge in [-0.2, -0.15) is 0 Å². The summed E-state index contributed by atoms with van der Waals surface area (Å²) >= 11 is 0. The number of benzene rings is 1. The van der Waals surface area contributed by atoms with Crippen LogP contribution in [-0.4, -0.2) is 37.8 Å². The van der Waals surface area contributed by atoms with Crippen molar-refractivity contribution in [1.29, 1.82) is 0 Å². The summed E-state index contributed by atoms with van der Waals surface area (Å²) in [6.45, 7) is 9.82. The van der Waals surface area contributed by atoms with E-state index in [2.05, 4.69) is 70.7 Å². The van der Waals surface area contributed by atoms with Gasteiger partial charge in [0.1, 0.15) is 0 Å². The number of hydrogen-bond donors (Lipinski definition) is 2. The van der Waals surface area contributed by atoms with Crippen LogP contribution in [0.1, 0.15) is 44.6 Å². The number of aromatic nitrogens is 1. The highest BCUT2D eigenvalue weighted by Crippen LogP contribution is 2.14. The minimum absolute atomic E-state index is 0. The Balaban J connectivity index is 0.00000364. The lowest BCUT2D eigenvalue weighted by Gasteiger charge is -2.23. The van der Waals surface area contributed by atoms with Crippen LogP contribution < -0.4 is 15.5 Å². The Morgan fingerprint density at radius 3 is 2.56 bits per heavy atom. The molecule has 0 bridgehead atoms. The van der Waals surface area contributed by atoms with Gasteiger partial charge in [-0.05, 0) is 31.4 Å². The summed E-state index contributed by atoms with van der Waals surface area (Å²) in [5, 5.41) is 10.7. The predicted molar refractivity (Wildman–Crippen MR) is 123 cm³/mol. The molecule has 0 atom stereocenters. The fourth-order valence-corrected chi connectivity index (χ4v) is 2.66. The number of guanidine groups is 1. The number of halogens is 1. The zero-order valence-electron chi connectivity index (χ0n) is 16.7. The van der Waals surface area contributed by atoms with E-state index in [1.54, 1.807) is 7.05 Å². The quantitative estimate of drug-likeness (QED) is 0.243. The smallest absolute Gasteiger partial charge is 0.191 e. The van der Waals surface area contributed by atoms with Gasteiger partial charge >= 0.3 is 0 Å². The first-order valence-corrected chi connectivity index (χ1v) is 9.34. The molecule has 6 nitrogen and oxygen atoms in total. The van der Waals surface area contributed by atoms with Crippen molar-refractivity contribution in [2.24, 2.45) is 4.99 Å². The molecule has 0 fully saturated rings. The highest BCUT2D eigenvalue weighted by molar-refractivity contribution is 14.0. The van der Waals surface area contributed by atoms with Crippen molar-refractivity contribution in [3.8, 4) is 0 Å². The second-order valence-corrected chi connectivity index (χ2v) is 6.49. The molecule has 0 amide bonds. The van der Waals surface area contributed by atoms with Crippen molar-refractivity contribution in [2.75, 3.05) is 31.6 Å². The summed E-state index contributed by atoms with van der Waals surface area (Å²) in [5.74, 6) is 1.96.